The monoisotopic (exact) mass is 444 g/mol. The number of hydrogen-bond donors (Lipinski definition) is 3. The minimum atomic E-state index is -1.06. The van der Waals surface area contributed by atoms with Crippen molar-refractivity contribution in [3.05, 3.63) is 71.9 Å². The van der Waals surface area contributed by atoms with Gasteiger partial charge in [-0.15, -0.1) is 0 Å². The first-order chi connectivity index (χ1) is 15.9. The molecule has 2 aromatic carbocycles. The minimum Gasteiger partial charge on any atom is -0.481 e. The van der Waals surface area contributed by atoms with E-state index in [4.69, 9.17) is 15.2 Å². The number of nitrogens with one attached hydrogen (secondary N) is 1. The molecule has 0 saturated heterocycles. The number of anilines is 2. The summed E-state index contributed by atoms with van der Waals surface area (Å²) in [6.07, 6.45) is 1.39. The Labute approximate surface area is 188 Å². The molecule has 2 aromatic heterocycles. The van der Waals surface area contributed by atoms with Crippen molar-refractivity contribution in [2.75, 3.05) is 19.5 Å². The lowest BCUT2D eigenvalue weighted by Crippen LogP contribution is -2.14. The summed E-state index contributed by atoms with van der Waals surface area (Å²) in [5.41, 5.74) is 8.92. The van der Waals surface area contributed by atoms with E-state index in [9.17, 15) is 14.7 Å². The van der Waals surface area contributed by atoms with E-state index in [1.807, 2.05) is 18.2 Å². The lowest BCUT2D eigenvalue weighted by molar-refractivity contribution is 0.0696. The molecule has 9 heteroatoms. The normalized spacial score (nSPS) is 10.6. The predicted octanol–water partition coefficient (Wildman–Crippen LogP) is 3.85. The van der Waals surface area contributed by atoms with E-state index in [0.29, 0.717) is 34.0 Å². The Morgan fingerprint density at radius 3 is 2.55 bits per heavy atom. The second kappa shape index (κ2) is 8.83. The fourth-order valence-corrected chi connectivity index (χ4v) is 3.47. The smallest absolute Gasteiger partial charge is 0.335 e. The predicted molar refractivity (Wildman–Crippen MR) is 123 cm³/mol. The lowest BCUT2D eigenvalue weighted by atomic mass is 10.0. The average molecular weight is 444 g/mol. The molecule has 0 bridgehead atoms. The Morgan fingerprint density at radius 1 is 1.03 bits per heavy atom. The van der Waals surface area contributed by atoms with Gasteiger partial charge >= 0.3 is 5.97 Å². The number of rotatable bonds is 7. The Morgan fingerprint density at radius 2 is 1.85 bits per heavy atom. The number of benzene rings is 2. The van der Waals surface area contributed by atoms with Crippen LogP contribution < -0.4 is 20.5 Å². The third-order valence-electron chi connectivity index (χ3n) is 5.06. The highest BCUT2D eigenvalue weighted by Gasteiger charge is 2.16. The van der Waals surface area contributed by atoms with E-state index in [1.165, 1.54) is 32.5 Å². The molecule has 0 saturated carbocycles. The number of aromatic carboxylic acids is 1. The van der Waals surface area contributed by atoms with Crippen LogP contribution in [0, 0.1) is 0 Å². The van der Waals surface area contributed by atoms with Gasteiger partial charge in [0, 0.05) is 28.9 Å². The summed E-state index contributed by atoms with van der Waals surface area (Å²) >= 11 is 0. The first-order valence-corrected chi connectivity index (χ1v) is 9.83. The minimum absolute atomic E-state index is 0.111. The van der Waals surface area contributed by atoms with E-state index < -0.39 is 11.9 Å². The molecule has 1 amide bonds. The number of hydrogen-bond acceptors (Lipinski definition) is 7. The van der Waals surface area contributed by atoms with Gasteiger partial charge in [0.05, 0.1) is 36.6 Å². The van der Waals surface area contributed by atoms with E-state index in [-0.39, 0.29) is 11.1 Å². The fourth-order valence-electron chi connectivity index (χ4n) is 3.47. The SMILES string of the molecule is COc1ccc(-c2ccc3c(Nc4cccc(C(=O)O)c4)c(C(N)=O)cnc3c2)c(OC)n1. The van der Waals surface area contributed by atoms with Crippen LogP contribution in [0.25, 0.3) is 22.0 Å². The highest BCUT2D eigenvalue weighted by molar-refractivity contribution is 6.08. The van der Waals surface area contributed by atoms with E-state index >= 15 is 0 Å². The number of aromatic nitrogens is 2. The van der Waals surface area contributed by atoms with Crippen LogP contribution in [0.15, 0.2) is 60.8 Å². The third kappa shape index (κ3) is 4.24. The number of nitrogens with zero attached hydrogens (tertiary/aromatic N) is 2. The van der Waals surface area contributed by atoms with Crippen LogP contribution in [0.3, 0.4) is 0 Å². The van der Waals surface area contributed by atoms with Crippen LogP contribution in [-0.4, -0.2) is 41.2 Å². The molecule has 9 nitrogen and oxygen atoms in total. The molecule has 0 spiro atoms. The molecular formula is C24H20N4O5. The molecule has 0 aliphatic carbocycles. The zero-order valence-corrected chi connectivity index (χ0v) is 17.8. The first-order valence-electron chi connectivity index (χ1n) is 9.83. The standard InChI is InChI=1S/C24H20N4O5/c1-32-20-9-8-16(23(28-20)33-2)13-6-7-17-19(11-13)26-12-18(22(25)29)21(17)27-15-5-3-4-14(10-15)24(30)31/h3-12H,1-2H3,(H2,25,29)(H,26,27)(H,30,31). The molecule has 0 aliphatic rings. The summed E-state index contributed by atoms with van der Waals surface area (Å²) in [5.74, 6) is -0.895. The second-order valence-corrected chi connectivity index (χ2v) is 7.06. The molecule has 0 radical (unpaired) electrons. The van der Waals surface area contributed by atoms with Gasteiger partial charge in [-0.2, -0.15) is 4.98 Å². The summed E-state index contributed by atoms with van der Waals surface area (Å²) in [6.45, 7) is 0. The molecular weight excluding hydrogens is 424 g/mol. The number of methoxy groups -OCH3 is 2. The first kappa shape index (κ1) is 21.6. The second-order valence-electron chi connectivity index (χ2n) is 7.06. The number of primary amides is 1. The van der Waals surface area contributed by atoms with Crippen molar-refractivity contribution in [2.45, 2.75) is 0 Å². The van der Waals surface area contributed by atoms with Gasteiger partial charge < -0.3 is 25.6 Å². The highest BCUT2D eigenvalue weighted by atomic mass is 16.5. The zero-order chi connectivity index (χ0) is 23.5. The number of carboxylic acid groups (broad SMARTS) is 1. The van der Waals surface area contributed by atoms with Gasteiger partial charge in [-0.1, -0.05) is 18.2 Å². The van der Waals surface area contributed by atoms with Crippen molar-refractivity contribution in [1.29, 1.82) is 0 Å². The Bertz CT molecular complexity index is 1390. The van der Waals surface area contributed by atoms with Crippen molar-refractivity contribution in [1.82, 2.24) is 9.97 Å². The van der Waals surface area contributed by atoms with Crippen LogP contribution in [0.1, 0.15) is 20.7 Å². The number of nitrogens with two attached hydrogens (primary N) is 1. The molecule has 0 atom stereocenters. The summed E-state index contributed by atoms with van der Waals surface area (Å²) in [7, 11) is 3.05. The zero-order valence-electron chi connectivity index (χ0n) is 17.8. The van der Waals surface area contributed by atoms with E-state index in [1.54, 1.807) is 24.3 Å². The third-order valence-corrected chi connectivity index (χ3v) is 5.06. The van der Waals surface area contributed by atoms with Crippen molar-refractivity contribution in [2.24, 2.45) is 5.73 Å². The molecule has 0 fully saturated rings. The van der Waals surface area contributed by atoms with Crippen LogP contribution in [-0.2, 0) is 0 Å². The van der Waals surface area contributed by atoms with Crippen molar-refractivity contribution < 1.29 is 24.2 Å². The summed E-state index contributed by atoms with van der Waals surface area (Å²) in [5, 5.41) is 13.0. The van der Waals surface area contributed by atoms with Gasteiger partial charge in [-0.3, -0.25) is 9.78 Å². The number of fused-ring (bicyclic) bond motifs is 1. The Balaban J connectivity index is 1.84. The van der Waals surface area contributed by atoms with Crippen LogP contribution >= 0.6 is 0 Å². The van der Waals surface area contributed by atoms with Crippen molar-refractivity contribution >= 4 is 34.2 Å². The van der Waals surface area contributed by atoms with Crippen LogP contribution in [0.2, 0.25) is 0 Å². The number of pyridine rings is 2. The van der Waals surface area contributed by atoms with Crippen LogP contribution in [0.4, 0.5) is 11.4 Å². The maximum Gasteiger partial charge on any atom is 0.335 e. The fraction of sp³-hybridized carbons (Fsp3) is 0.0833. The average Bonchev–Trinajstić information content (AvgIpc) is 2.83. The molecule has 0 unspecified atom stereocenters. The quantitative estimate of drug-likeness (QED) is 0.391. The maximum atomic E-state index is 12.1. The molecule has 166 valence electrons. The molecule has 4 aromatic rings. The Kier molecular flexibility index (Phi) is 5.77. The summed E-state index contributed by atoms with van der Waals surface area (Å²) in [4.78, 5) is 32.1. The lowest BCUT2D eigenvalue weighted by Gasteiger charge is -2.15. The van der Waals surface area contributed by atoms with Gasteiger partial charge in [0.25, 0.3) is 5.91 Å². The Hall–Kier alpha value is -4.66. The van der Waals surface area contributed by atoms with E-state index in [0.717, 1.165) is 11.1 Å². The topological polar surface area (TPSA) is 137 Å². The summed E-state index contributed by atoms with van der Waals surface area (Å²) in [6, 6.07) is 15.3. The number of ether oxygens (including phenoxy) is 2. The molecule has 0 aliphatic heterocycles. The van der Waals surface area contributed by atoms with Crippen LogP contribution in [0.5, 0.6) is 11.8 Å². The maximum absolute atomic E-state index is 12.1. The van der Waals surface area contributed by atoms with Gasteiger partial charge in [-0.25, -0.2) is 4.79 Å². The number of carbonyl (C=O) groups is 2. The molecule has 33 heavy (non-hydrogen) atoms. The summed E-state index contributed by atoms with van der Waals surface area (Å²) < 4.78 is 10.6. The largest absolute Gasteiger partial charge is 0.481 e. The van der Waals surface area contributed by atoms with Gasteiger partial charge in [0.1, 0.15) is 0 Å². The number of carboxylic acids is 1. The molecule has 4 rings (SSSR count). The molecule has 2 heterocycles. The molecule has 4 N–H and O–H groups in total. The highest BCUT2D eigenvalue weighted by Crippen LogP contribution is 2.35. The van der Waals surface area contributed by atoms with E-state index in [2.05, 4.69) is 15.3 Å². The number of carbonyl (C=O) groups excluding carboxylic acids is 1. The van der Waals surface area contributed by atoms with Gasteiger partial charge in [0.2, 0.25) is 11.8 Å². The van der Waals surface area contributed by atoms with Gasteiger partial charge in [-0.05, 0) is 35.9 Å². The number of amides is 1. The van der Waals surface area contributed by atoms with Crippen molar-refractivity contribution in [3.63, 3.8) is 0 Å². The van der Waals surface area contributed by atoms with Gasteiger partial charge in [0.15, 0.2) is 0 Å². The van der Waals surface area contributed by atoms with Crippen molar-refractivity contribution in [3.8, 4) is 22.9 Å².